The van der Waals surface area contributed by atoms with Crippen LogP contribution in [0.2, 0.25) is 0 Å². The van der Waals surface area contributed by atoms with Crippen molar-refractivity contribution in [1.29, 1.82) is 0 Å². The van der Waals surface area contributed by atoms with Crippen molar-refractivity contribution in [3.05, 3.63) is 42.0 Å². The summed E-state index contributed by atoms with van der Waals surface area (Å²) in [4.78, 5) is 27.2. The first kappa shape index (κ1) is 22.0. The third-order valence-electron chi connectivity index (χ3n) is 5.98. The van der Waals surface area contributed by atoms with Gasteiger partial charge in [-0.2, -0.15) is 4.98 Å². The maximum atomic E-state index is 14.9. The monoisotopic (exact) mass is 439 g/mol. The van der Waals surface area contributed by atoms with Crippen molar-refractivity contribution in [2.75, 3.05) is 50.5 Å². The van der Waals surface area contributed by atoms with E-state index in [9.17, 15) is 9.18 Å². The molecular formula is C23H30FN7O. The standard InChI is InChI=1S/C23H30FN7O/c1-15(2)30-8-10-31(11-9-30)19-7-6-17(13-18(19)24)26-23-25-14-16-12-20(22(32)28(3)4)29(5)21(16)27-23/h6-7,12-15H,8-11H2,1-5H3,(H,25,26,27). The van der Waals surface area contributed by atoms with Gasteiger partial charge in [0.15, 0.2) is 0 Å². The van der Waals surface area contributed by atoms with Gasteiger partial charge in [-0.05, 0) is 38.1 Å². The summed E-state index contributed by atoms with van der Waals surface area (Å²) in [5.74, 6) is -0.0287. The highest BCUT2D eigenvalue weighted by Gasteiger charge is 2.21. The van der Waals surface area contributed by atoms with Crippen LogP contribution in [0.5, 0.6) is 0 Å². The highest BCUT2D eigenvalue weighted by molar-refractivity contribution is 5.97. The number of nitrogens with one attached hydrogen (secondary N) is 1. The van der Waals surface area contributed by atoms with Gasteiger partial charge in [0.05, 0.1) is 5.69 Å². The van der Waals surface area contributed by atoms with Gasteiger partial charge in [0.1, 0.15) is 17.2 Å². The van der Waals surface area contributed by atoms with Crippen molar-refractivity contribution < 1.29 is 9.18 Å². The molecule has 0 saturated carbocycles. The first-order chi connectivity index (χ1) is 15.2. The molecule has 3 heterocycles. The molecule has 1 saturated heterocycles. The van der Waals surface area contributed by atoms with E-state index in [1.54, 1.807) is 44.0 Å². The third kappa shape index (κ3) is 4.25. The van der Waals surface area contributed by atoms with Crippen molar-refractivity contribution in [2.24, 2.45) is 7.05 Å². The van der Waals surface area contributed by atoms with E-state index in [1.165, 1.54) is 11.0 Å². The fourth-order valence-electron chi connectivity index (χ4n) is 4.05. The topological polar surface area (TPSA) is 69.5 Å². The van der Waals surface area contributed by atoms with Crippen LogP contribution in [0.3, 0.4) is 0 Å². The lowest BCUT2D eigenvalue weighted by Crippen LogP contribution is -2.49. The number of anilines is 3. The van der Waals surface area contributed by atoms with E-state index in [1.807, 2.05) is 6.07 Å². The fraction of sp³-hybridized carbons (Fsp3) is 0.435. The summed E-state index contributed by atoms with van der Waals surface area (Å²) in [7, 11) is 5.21. The van der Waals surface area contributed by atoms with Crippen molar-refractivity contribution in [3.8, 4) is 0 Å². The maximum absolute atomic E-state index is 14.9. The third-order valence-corrected chi connectivity index (χ3v) is 5.98. The largest absolute Gasteiger partial charge is 0.367 e. The number of nitrogens with zero attached hydrogens (tertiary/aromatic N) is 6. The molecule has 1 aliphatic heterocycles. The van der Waals surface area contributed by atoms with Crippen molar-refractivity contribution in [1.82, 2.24) is 24.3 Å². The summed E-state index contributed by atoms with van der Waals surface area (Å²) in [6, 6.07) is 7.40. The lowest BCUT2D eigenvalue weighted by Gasteiger charge is -2.38. The molecule has 1 aromatic carbocycles. The Labute approximate surface area is 187 Å². The number of hydrogen-bond donors (Lipinski definition) is 1. The van der Waals surface area contributed by atoms with E-state index >= 15 is 0 Å². The maximum Gasteiger partial charge on any atom is 0.270 e. The Hall–Kier alpha value is -3.20. The van der Waals surface area contributed by atoms with Gasteiger partial charge in [-0.3, -0.25) is 9.69 Å². The second kappa shape index (κ2) is 8.74. The number of halogens is 1. The van der Waals surface area contributed by atoms with Crippen molar-refractivity contribution in [3.63, 3.8) is 0 Å². The highest BCUT2D eigenvalue weighted by Crippen LogP contribution is 2.26. The Morgan fingerprint density at radius 2 is 1.88 bits per heavy atom. The lowest BCUT2D eigenvalue weighted by molar-refractivity contribution is 0.0819. The zero-order chi connectivity index (χ0) is 23.0. The van der Waals surface area contributed by atoms with Crippen LogP contribution in [0.4, 0.5) is 21.7 Å². The number of piperazine rings is 1. The lowest BCUT2D eigenvalue weighted by atomic mass is 10.2. The number of fused-ring (bicyclic) bond motifs is 1. The summed E-state index contributed by atoms with van der Waals surface area (Å²) < 4.78 is 16.6. The number of amides is 1. The first-order valence-corrected chi connectivity index (χ1v) is 10.8. The SMILES string of the molecule is CC(C)N1CCN(c2ccc(Nc3ncc4cc(C(=O)N(C)C)n(C)c4n3)cc2F)CC1. The zero-order valence-corrected chi connectivity index (χ0v) is 19.3. The van der Waals surface area contributed by atoms with Gasteiger partial charge in [-0.15, -0.1) is 0 Å². The molecule has 0 spiro atoms. The number of carbonyl (C=O) groups is 1. The molecule has 2 aromatic heterocycles. The quantitative estimate of drug-likeness (QED) is 0.659. The van der Waals surface area contributed by atoms with E-state index in [0.29, 0.717) is 34.7 Å². The summed E-state index contributed by atoms with van der Waals surface area (Å²) in [6.07, 6.45) is 1.66. The molecule has 0 unspecified atom stereocenters. The Balaban J connectivity index is 1.51. The smallest absolute Gasteiger partial charge is 0.270 e. The van der Waals surface area contributed by atoms with Gasteiger partial charge in [-0.1, -0.05) is 0 Å². The van der Waals surface area contributed by atoms with Crippen LogP contribution in [0, 0.1) is 5.82 Å². The van der Waals surface area contributed by atoms with Crippen LogP contribution in [-0.2, 0) is 7.05 Å². The number of hydrogen-bond acceptors (Lipinski definition) is 6. The molecule has 0 aliphatic carbocycles. The molecule has 0 bridgehead atoms. The minimum atomic E-state index is -0.271. The normalized spacial score (nSPS) is 14.9. The number of benzene rings is 1. The molecule has 1 amide bonds. The zero-order valence-electron chi connectivity index (χ0n) is 19.3. The minimum absolute atomic E-state index is 0.105. The van der Waals surface area contributed by atoms with Crippen LogP contribution in [0.1, 0.15) is 24.3 Å². The van der Waals surface area contributed by atoms with Crippen LogP contribution < -0.4 is 10.2 Å². The Morgan fingerprint density at radius 1 is 1.16 bits per heavy atom. The van der Waals surface area contributed by atoms with E-state index in [0.717, 1.165) is 31.6 Å². The molecule has 0 radical (unpaired) electrons. The molecule has 1 aliphatic rings. The fourth-order valence-corrected chi connectivity index (χ4v) is 4.05. The van der Waals surface area contributed by atoms with Crippen LogP contribution >= 0.6 is 0 Å². The van der Waals surface area contributed by atoms with Crippen molar-refractivity contribution in [2.45, 2.75) is 19.9 Å². The van der Waals surface area contributed by atoms with E-state index in [2.05, 4.69) is 38.9 Å². The van der Waals surface area contributed by atoms with Gasteiger partial charge in [0, 0.05) is 70.6 Å². The number of carbonyl (C=O) groups excluding carboxylic acids is 1. The van der Waals surface area contributed by atoms with Gasteiger partial charge >= 0.3 is 0 Å². The molecule has 0 atom stereocenters. The molecule has 4 rings (SSSR count). The van der Waals surface area contributed by atoms with E-state index in [4.69, 9.17) is 0 Å². The number of aryl methyl sites for hydroxylation is 1. The van der Waals surface area contributed by atoms with Gasteiger partial charge in [0.2, 0.25) is 5.95 Å². The molecule has 1 N–H and O–H groups in total. The Kier molecular flexibility index (Phi) is 6.01. The molecule has 9 heteroatoms. The van der Waals surface area contributed by atoms with Crippen LogP contribution in [0.25, 0.3) is 11.0 Å². The summed E-state index contributed by atoms with van der Waals surface area (Å²) in [5.41, 5.74) is 2.35. The van der Waals surface area contributed by atoms with Crippen molar-refractivity contribution >= 4 is 34.3 Å². The predicted molar refractivity (Wildman–Crippen MR) is 125 cm³/mol. The summed E-state index contributed by atoms with van der Waals surface area (Å²) >= 11 is 0. The molecule has 170 valence electrons. The predicted octanol–water partition coefficient (Wildman–Crippen LogP) is 3.08. The highest BCUT2D eigenvalue weighted by atomic mass is 19.1. The molecular weight excluding hydrogens is 409 g/mol. The Morgan fingerprint density at radius 3 is 2.50 bits per heavy atom. The van der Waals surface area contributed by atoms with Gasteiger partial charge in [-0.25, -0.2) is 9.37 Å². The minimum Gasteiger partial charge on any atom is -0.367 e. The molecule has 1 fully saturated rings. The number of rotatable bonds is 5. The average molecular weight is 440 g/mol. The van der Waals surface area contributed by atoms with Crippen LogP contribution in [0.15, 0.2) is 30.5 Å². The summed E-state index contributed by atoms with van der Waals surface area (Å²) in [6.45, 7) is 7.85. The van der Waals surface area contributed by atoms with Crippen LogP contribution in [-0.4, -0.2) is 76.6 Å². The van der Waals surface area contributed by atoms with E-state index < -0.39 is 0 Å². The van der Waals surface area contributed by atoms with E-state index in [-0.39, 0.29) is 11.7 Å². The first-order valence-electron chi connectivity index (χ1n) is 10.8. The molecule has 3 aromatic rings. The average Bonchev–Trinajstić information content (AvgIpc) is 3.09. The second-order valence-electron chi connectivity index (χ2n) is 8.67. The second-order valence-corrected chi connectivity index (χ2v) is 8.67. The number of aromatic nitrogens is 3. The van der Waals surface area contributed by atoms with Gasteiger partial charge < -0.3 is 19.7 Å². The Bertz CT molecular complexity index is 1130. The molecule has 8 nitrogen and oxygen atoms in total. The van der Waals surface area contributed by atoms with Gasteiger partial charge in [0.25, 0.3) is 5.91 Å². The summed E-state index contributed by atoms with van der Waals surface area (Å²) in [5, 5.41) is 3.85. The molecule has 32 heavy (non-hydrogen) atoms.